The quantitative estimate of drug-likeness (QED) is 0.417. The van der Waals surface area contributed by atoms with E-state index in [0.717, 1.165) is 6.07 Å². The zero-order valence-corrected chi connectivity index (χ0v) is 7.15. The Morgan fingerprint density at radius 2 is 1.93 bits per heavy atom. The van der Waals surface area contributed by atoms with Crippen LogP contribution in [0.4, 0.5) is 5.69 Å². The predicted molar refractivity (Wildman–Crippen MR) is 46.1 cm³/mol. The van der Waals surface area contributed by atoms with Crippen LogP contribution < -0.4 is 4.84 Å². The first-order valence-corrected chi connectivity index (χ1v) is 3.61. The van der Waals surface area contributed by atoms with Crippen molar-refractivity contribution in [2.75, 3.05) is 0 Å². The van der Waals surface area contributed by atoms with Gasteiger partial charge in [0.25, 0.3) is 10.8 Å². The number of nitro groups is 1. The molecule has 0 saturated carbocycles. The zero-order valence-electron chi connectivity index (χ0n) is 7.15. The number of carbonyl (C=O) groups is 1. The molecule has 0 aromatic heterocycles. The summed E-state index contributed by atoms with van der Waals surface area (Å²) >= 11 is 0. The second-order valence-corrected chi connectivity index (χ2v) is 2.39. The molecule has 15 heavy (non-hydrogen) atoms. The molecule has 0 aliphatic heterocycles. The van der Waals surface area contributed by atoms with Gasteiger partial charge in [-0.1, -0.05) is 6.07 Å². The van der Waals surface area contributed by atoms with E-state index in [9.17, 15) is 25.0 Å². The Morgan fingerprint density at radius 3 is 2.40 bits per heavy atom. The van der Waals surface area contributed by atoms with E-state index in [1.54, 1.807) is 0 Å². The fourth-order valence-corrected chi connectivity index (χ4v) is 0.953. The van der Waals surface area contributed by atoms with Crippen molar-refractivity contribution in [3.63, 3.8) is 0 Å². The van der Waals surface area contributed by atoms with Gasteiger partial charge in [-0.15, -0.1) is 10.1 Å². The maximum Gasteiger partial charge on any atom is 0.300 e. The van der Waals surface area contributed by atoms with E-state index >= 15 is 0 Å². The molecule has 0 aliphatic rings. The minimum Gasteiger partial charge on any atom is -0.298 e. The highest BCUT2D eigenvalue weighted by Gasteiger charge is 2.20. The molecule has 0 heterocycles. The van der Waals surface area contributed by atoms with Gasteiger partial charge in [0.1, 0.15) is 0 Å². The Morgan fingerprint density at radius 1 is 1.27 bits per heavy atom. The highest BCUT2D eigenvalue weighted by Crippen LogP contribution is 2.29. The average Bonchev–Trinajstić information content (AvgIpc) is 2.16. The normalized spacial score (nSPS) is 9.33. The van der Waals surface area contributed by atoms with Crippen LogP contribution in [-0.4, -0.2) is 16.3 Å². The second-order valence-electron chi connectivity index (χ2n) is 2.39. The van der Waals surface area contributed by atoms with Crippen LogP contribution >= 0.6 is 0 Å². The van der Waals surface area contributed by atoms with Crippen molar-refractivity contribution >= 4 is 12.0 Å². The summed E-state index contributed by atoms with van der Waals surface area (Å²) in [5.74, 6) is -0.664. The van der Waals surface area contributed by atoms with Gasteiger partial charge in [0.2, 0.25) is 5.75 Å². The van der Waals surface area contributed by atoms with E-state index < -0.39 is 21.4 Å². The van der Waals surface area contributed by atoms with Crippen LogP contribution in [0.15, 0.2) is 18.2 Å². The van der Waals surface area contributed by atoms with E-state index in [4.69, 9.17) is 0 Å². The number of hydrogen-bond acceptors (Lipinski definition) is 6. The molecule has 0 atom stereocenters. The summed E-state index contributed by atoms with van der Waals surface area (Å²) in [5, 5.41) is 19.3. The van der Waals surface area contributed by atoms with Crippen LogP contribution in [0.1, 0.15) is 10.4 Å². The lowest BCUT2D eigenvalue weighted by molar-refractivity contribution is -0.711. The molecular formula is C7H4N2O6. The number of benzene rings is 1. The molecule has 1 aromatic rings. The first-order chi connectivity index (χ1) is 7.06. The van der Waals surface area contributed by atoms with E-state index in [-0.39, 0.29) is 11.8 Å². The molecule has 0 radical (unpaired) electrons. The number of hydrogen-bond donors (Lipinski definition) is 0. The lowest BCUT2D eigenvalue weighted by atomic mass is 10.2. The first-order valence-electron chi connectivity index (χ1n) is 3.61. The van der Waals surface area contributed by atoms with Crippen molar-refractivity contribution in [3.05, 3.63) is 44.0 Å². The molecule has 0 aliphatic carbocycles. The monoisotopic (exact) mass is 212 g/mol. The summed E-state index contributed by atoms with van der Waals surface area (Å²) in [6.07, 6.45) is 0.242. The van der Waals surface area contributed by atoms with E-state index in [1.165, 1.54) is 12.1 Å². The fourth-order valence-electron chi connectivity index (χ4n) is 0.953. The van der Waals surface area contributed by atoms with Gasteiger partial charge in [0.05, 0.1) is 10.5 Å². The Labute approximate surface area is 82.3 Å². The van der Waals surface area contributed by atoms with Crippen molar-refractivity contribution in [1.82, 2.24) is 0 Å². The van der Waals surface area contributed by atoms with Gasteiger partial charge in [-0.05, 0) is 6.07 Å². The summed E-state index contributed by atoms with van der Waals surface area (Å²) in [7, 11) is 0. The summed E-state index contributed by atoms with van der Waals surface area (Å²) in [6.45, 7) is 0. The average molecular weight is 212 g/mol. The molecule has 8 heteroatoms. The van der Waals surface area contributed by atoms with Crippen molar-refractivity contribution in [3.8, 4) is 5.75 Å². The summed E-state index contributed by atoms with van der Waals surface area (Å²) in [6, 6.07) is 3.42. The fraction of sp³-hybridized carbons (Fsp3) is 0. The number of aldehydes is 1. The van der Waals surface area contributed by atoms with Crippen LogP contribution in [0.2, 0.25) is 0 Å². The Balaban J connectivity index is 3.32. The first kappa shape index (κ1) is 10.6. The third-order valence-electron chi connectivity index (χ3n) is 1.51. The lowest BCUT2D eigenvalue weighted by Gasteiger charge is -2.02. The smallest absolute Gasteiger partial charge is 0.298 e. The molecule has 0 unspecified atom stereocenters. The largest absolute Gasteiger partial charge is 0.300 e. The number of nitrogens with zero attached hydrogens (tertiary/aromatic N) is 2. The van der Waals surface area contributed by atoms with Gasteiger partial charge in [0.15, 0.2) is 6.29 Å². The summed E-state index contributed by atoms with van der Waals surface area (Å²) in [4.78, 5) is 34.1. The van der Waals surface area contributed by atoms with E-state index in [2.05, 4.69) is 4.84 Å². The predicted octanol–water partition coefficient (Wildman–Crippen LogP) is 0.978. The molecule has 0 fully saturated rings. The molecule has 0 saturated heterocycles. The maximum absolute atomic E-state index is 10.5. The van der Waals surface area contributed by atoms with Gasteiger partial charge in [-0.3, -0.25) is 19.7 Å². The molecular weight excluding hydrogens is 208 g/mol. The van der Waals surface area contributed by atoms with Crippen LogP contribution in [0.5, 0.6) is 5.75 Å². The van der Waals surface area contributed by atoms with Gasteiger partial charge in [-0.2, -0.15) is 0 Å². The zero-order chi connectivity index (χ0) is 11.4. The SMILES string of the molecule is O=Cc1cccc([N+](=O)[O-])c1O[N+](=O)[O-]. The van der Waals surface area contributed by atoms with Crippen LogP contribution in [-0.2, 0) is 0 Å². The third kappa shape index (κ3) is 2.24. The maximum atomic E-state index is 10.5. The number of para-hydroxylation sites is 1. The van der Waals surface area contributed by atoms with Gasteiger partial charge in [-0.25, -0.2) is 0 Å². The molecule has 8 nitrogen and oxygen atoms in total. The molecule has 0 bridgehead atoms. The van der Waals surface area contributed by atoms with Crippen molar-refractivity contribution < 1.29 is 19.6 Å². The molecule has 0 N–H and O–H groups in total. The van der Waals surface area contributed by atoms with Crippen molar-refractivity contribution in [2.24, 2.45) is 0 Å². The van der Waals surface area contributed by atoms with Gasteiger partial charge >= 0.3 is 0 Å². The molecule has 0 spiro atoms. The number of carbonyl (C=O) groups excluding carboxylic acids is 1. The highest BCUT2D eigenvalue weighted by atomic mass is 17.0. The van der Waals surface area contributed by atoms with Gasteiger partial charge < -0.3 is 0 Å². The van der Waals surface area contributed by atoms with Crippen molar-refractivity contribution in [2.45, 2.75) is 0 Å². The topological polar surface area (TPSA) is 113 Å². The van der Waals surface area contributed by atoms with E-state index in [0.29, 0.717) is 0 Å². The summed E-state index contributed by atoms with van der Waals surface area (Å²) < 4.78 is 0. The number of nitro benzene ring substituents is 1. The molecule has 78 valence electrons. The standard InChI is InChI=1S/C7H4N2O6/c10-4-5-2-1-3-6(8(11)12)7(5)15-9(13)14/h1-4H. The Bertz CT molecular complexity index is 429. The van der Waals surface area contributed by atoms with Crippen LogP contribution in [0.3, 0.4) is 0 Å². The van der Waals surface area contributed by atoms with Gasteiger partial charge in [0, 0.05) is 6.07 Å². The second kappa shape index (κ2) is 4.13. The number of rotatable bonds is 4. The Hall–Kier alpha value is -2.51. The molecule has 1 rings (SSSR count). The minimum atomic E-state index is -1.21. The van der Waals surface area contributed by atoms with Crippen LogP contribution in [0, 0.1) is 20.2 Å². The summed E-state index contributed by atoms with van der Waals surface area (Å²) in [5.41, 5.74) is -0.878. The minimum absolute atomic E-state index is 0.242. The highest BCUT2D eigenvalue weighted by molar-refractivity contribution is 5.82. The molecule has 0 amide bonds. The Kier molecular flexibility index (Phi) is 2.91. The third-order valence-corrected chi connectivity index (χ3v) is 1.51. The van der Waals surface area contributed by atoms with Crippen LogP contribution in [0.25, 0.3) is 0 Å². The van der Waals surface area contributed by atoms with Crippen molar-refractivity contribution in [1.29, 1.82) is 0 Å². The molecule has 1 aromatic carbocycles. The lowest BCUT2D eigenvalue weighted by Crippen LogP contribution is -2.07. The van der Waals surface area contributed by atoms with E-state index in [1.807, 2.05) is 0 Å².